The van der Waals surface area contributed by atoms with Gasteiger partial charge in [0, 0.05) is 56.5 Å². The minimum Gasteiger partial charge on any atom is -0.855 e. The smallest absolute Gasteiger partial charge is 0.855 e. The van der Waals surface area contributed by atoms with Gasteiger partial charge in [0.2, 0.25) is 11.4 Å². The predicted molar refractivity (Wildman–Crippen MR) is 170 cm³/mol. The molecule has 6 heterocycles. The average molecular weight is 589 g/mol. The number of aryl methyl sites for hydroxylation is 2. The molecule has 8 rings (SSSR count). The van der Waals surface area contributed by atoms with Gasteiger partial charge in [0.1, 0.15) is 11.2 Å². The van der Waals surface area contributed by atoms with Crippen LogP contribution in [0.1, 0.15) is 18.3 Å². The van der Waals surface area contributed by atoms with E-state index in [4.69, 9.17) is 13.9 Å². The summed E-state index contributed by atoms with van der Waals surface area (Å²) >= 11 is 0. The molecule has 0 unspecified atom stereocenters. The molecule has 6 aromatic heterocycles. The zero-order valence-electron chi connectivity index (χ0n) is 25.1. The Labute approximate surface area is 276 Å². The van der Waals surface area contributed by atoms with Gasteiger partial charge in [-0.3, -0.25) is 9.97 Å². The summed E-state index contributed by atoms with van der Waals surface area (Å²) in [7, 11) is 0. The van der Waals surface area contributed by atoms with E-state index in [1.807, 2.05) is 86.6 Å². The molecule has 0 N–H and O–H groups in total. The maximum absolute atomic E-state index is 8.93. The molecule has 212 valence electrons. The van der Waals surface area contributed by atoms with Crippen LogP contribution in [0.4, 0.5) is 0 Å². The Morgan fingerprint density at radius 1 is 0.545 bits per heavy atom. The second-order valence-corrected chi connectivity index (χ2v) is 9.90. The van der Waals surface area contributed by atoms with Crippen LogP contribution in [-0.2, 0) is 0 Å². The number of benzene rings is 2. The second kappa shape index (κ2) is 13.9. The molecular formula is C36H29N4NaO3. The molecule has 0 aliphatic heterocycles. The number of hydrogen-bond acceptors (Lipinski definition) is 7. The summed E-state index contributed by atoms with van der Waals surface area (Å²) in [5.41, 5.74) is 8.79. The Morgan fingerprint density at radius 3 is 1.36 bits per heavy atom. The summed E-state index contributed by atoms with van der Waals surface area (Å²) in [6.45, 7) is 5.50. The van der Waals surface area contributed by atoms with E-state index in [2.05, 4.69) is 44.2 Å². The Morgan fingerprint density at radius 2 is 0.977 bits per heavy atom. The van der Waals surface area contributed by atoms with Crippen LogP contribution in [-0.4, -0.2) is 26.5 Å². The number of pyridine rings is 4. The first-order valence-corrected chi connectivity index (χ1v) is 14.1. The van der Waals surface area contributed by atoms with E-state index >= 15 is 0 Å². The molecular weight excluding hydrogens is 559 g/mol. The Hall–Kier alpha value is -4.40. The van der Waals surface area contributed by atoms with E-state index in [0.717, 1.165) is 66.6 Å². The minimum absolute atomic E-state index is 0. The topological polar surface area (TPSA) is 101 Å². The van der Waals surface area contributed by atoms with Crippen molar-refractivity contribution in [2.45, 2.75) is 20.8 Å². The van der Waals surface area contributed by atoms with E-state index in [0.29, 0.717) is 11.4 Å². The van der Waals surface area contributed by atoms with Gasteiger partial charge in [-0.05, 0) is 74.5 Å². The quantitative estimate of drug-likeness (QED) is 0.260. The molecule has 7 nitrogen and oxygen atoms in total. The zero-order valence-corrected chi connectivity index (χ0v) is 27.1. The molecule has 0 aliphatic carbocycles. The molecule has 44 heavy (non-hydrogen) atoms. The Balaban J connectivity index is 0.000000157. The first-order chi connectivity index (χ1) is 21.1. The van der Waals surface area contributed by atoms with Gasteiger partial charge in [0.05, 0.1) is 11.4 Å². The van der Waals surface area contributed by atoms with E-state index < -0.39 is 0 Å². The molecule has 8 aromatic rings. The normalized spacial score (nSPS) is 10.6. The van der Waals surface area contributed by atoms with Crippen molar-refractivity contribution in [2.24, 2.45) is 0 Å². The summed E-state index contributed by atoms with van der Waals surface area (Å²) in [6.07, 6.45) is 3.58. The maximum atomic E-state index is 8.93. The van der Waals surface area contributed by atoms with Gasteiger partial charge in [0.15, 0.2) is 0 Å². The van der Waals surface area contributed by atoms with Crippen LogP contribution in [0.5, 0.6) is 0 Å². The number of rotatable bonds is 2. The molecule has 0 saturated carbocycles. The van der Waals surface area contributed by atoms with Crippen LogP contribution in [0.3, 0.4) is 0 Å². The van der Waals surface area contributed by atoms with Crippen LogP contribution in [0, 0.1) is 13.8 Å². The van der Waals surface area contributed by atoms with Gasteiger partial charge in [-0.1, -0.05) is 43.3 Å². The number of aromatic nitrogens is 4. The number of fused-ring (bicyclic) bond motifs is 6. The van der Waals surface area contributed by atoms with Crippen molar-refractivity contribution in [2.75, 3.05) is 6.61 Å². The molecule has 0 radical (unpaired) electrons. The number of nitrogens with zero attached hydrogens (tertiary/aromatic N) is 4. The monoisotopic (exact) mass is 588 g/mol. The molecule has 0 bridgehead atoms. The van der Waals surface area contributed by atoms with Crippen LogP contribution < -0.4 is 34.7 Å². The molecule has 8 heteroatoms. The van der Waals surface area contributed by atoms with Crippen molar-refractivity contribution < 1.29 is 43.5 Å². The number of para-hydroxylation sites is 2. The number of hydrogen-bond donors (Lipinski definition) is 0. The third-order valence-corrected chi connectivity index (χ3v) is 6.89. The van der Waals surface area contributed by atoms with Crippen molar-refractivity contribution in [3.8, 4) is 22.5 Å². The fourth-order valence-corrected chi connectivity index (χ4v) is 4.99. The predicted octanol–water partition coefficient (Wildman–Crippen LogP) is 5.07. The summed E-state index contributed by atoms with van der Waals surface area (Å²) in [5.74, 6) is 0. The Kier molecular flexibility index (Phi) is 9.82. The minimum atomic E-state index is 0. The third-order valence-electron chi connectivity index (χ3n) is 6.89. The fraction of sp³-hybridized carbons (Fsp3) is 0.111. The van der Waals surface area contributed by atoms with Gasteiger partial charge in [-0.15, -0.1) is 6.61 Å². The third kappa shape index (κ3) is 6.27. The molecule has 2 aromatic carbocycles. The van der Waals surface area contributed by atoms with E-state index in [1.54, 1.807) is 19.3 Å². The van der Waals surface area contributed by atoms with Gasteiger partial charge in [-0.2, -0.15) is 0 Å². The molecule has 0 saturated heterocycles. The summed E-state index contributed by atoms with van der Waals surface area (Å²) < 4.78 is 11.9. The van der Waals surface area contributed by atoms with E-state index in [9.17, 15) is 0 Å². The van der Waals surface area contributed by atoms with Gasteiger partial charge in [-0.25, -0.2) is 9.97 Å². The zero-order chi connectivity index (χ0) is 29.8. The molecule has 0 spiro atoms. The second-order valence-electron chi connectivity index (χ2n) is 9.90. The maximum Gasteiger partial charge on any atom is 1.00 e. The number of furan rings is 2. The van der Waals surface area contributed by atoms with Gasteiger partial charge >= 0.3 is 29.6 Å². The SMILES string of the molecule is CC[O-].Cc1ccc2c(n1)oc1c(-c3ccccn3)cccc12.Cc1ccc2c(n1)oc1c(-c3ccccn3)cccc12.[Na+]. The van der Waals surface area contributed by atoms with Crippen molar-refractivity contribution in [1.29, 1.82) is 0 Å². The van der Waals surface area contributed by atoms with Crippen molar-refractivity contribution >= 4 is 44.1 Å². The summed E-state index contributed by atoms with van der Waals surface area (Å²) in [4.78, 5) is 17.7. The average Bonchev–Trinajstić information content (AvgIpc) is 3.59. The standard InChI is InChI=1S/2C17H12N2O.C2H5O.Na/c2*1-11-8-9-13-12-5-4-6-14(15-7-2-3-10-18-15)16(12)20-17(13)19-11;1-2-3;/h2*2-10H,1H3;2H2,1H3;/q;;-1;+1. The van der Waals surface area contributed by atoms with Crippen LogP contribution in [0.2, 0.25) is 0 Å². The van der Waals surface area contributed by atoms with Crippen LogP contribution in [0.25, 0.3) is 66.7 Å². The molecule has 0 fully saturated rings. The van der Waals surface area contributed by atoms with Gasteiger partial charge < -0.3 is 13.9 Å². The fourth-order valence-electron chi connectivity index (χ4n) is 4.99. The molecule has 0 amide bonds. The van der Waals surface area contributed by atoms with E-state index in [1.165, 1.54) is 0 Å². The molecule has 0 atom stereocenters. The van der Waals surface area contributed by atoms with E-state index in [-0.39, 0.29) is 36.2 Å². The summed E-state index contributed by atoms with van der Waals surface area (Å²) in [5, 5.41) is 13.2. The summed E-state index contributed by atoms with van der Waals surface area (Å²) in [6, 6.07) is 32.1. The Bertz CT molecular complexity index is 2000. The van der Waals surface area contributed by atoms with Crippen LogP contribution >= 0.6 is 0 Å². The van der Waals surface area contributed by atoms with Crippen molar-refractivity contribution in [3.63, 3.8) is 0 Å². The van der Waals surface area contributed by atoms with Gasteiger partial charge in [0.25, 0.3) is 0 Å². The largest absolute Gasteiger partial charge is 1.00 e. The molecule has 0 aliphatic rings. The first-order valence-electron chi connectivity index (χ1n) is 14.1. The van der Waals surface area contributed by atoms with Crippen molar-refractivity contribution in [3.05, 3.63) is 121 Å². The van der Waals surface area contributed by atoms with Crippen LogP contribution in [0.15, 0.2) is 118 Å². The first kappa shape index (κ1) is 31.0. The van der Waals surface area contributed by atoms with Crippen molar-refractivity contribution in [1.82, 2.24) is 19.9 Å².